The molecule has 1 aromatic heterocycles. The van der Waals surface area contributed by atoms with Crippen LogP contribution in [-0.2, 0) is 12.8 Å². The number of fused-ring (bicyclic) bond motifs is 1. The molecule has 0 bridgehead atoms. The Morgan fingerprint density at radius 1 is 1.59 bits per heavy atom. The van der Waals surface area contributed by atoms with Gasteiger partial charge in [-0.05, 0) is 32.3 Å². The highest BCUT2D eigenvalue weighted by Gasteiger charge is 2.29. The molecule has 0 aliphatic heterocycles. The number of carbonyl (C=O) groups excluding carboxylic acids is 1. The number of amides is 2. The van der Waals surface area contributed by atoms with Gasteiger partial charge in [-0.3, -0.25) is 4.68 Å². The summed E-state index contributed by atoms with van der Waals surface area (Å²) in [6.45, 7) is 1.91. The van der Waals surface area contributed by atoms with Crippen molar-refractivity contribution >= 4 is 6.03 Å². The minimum Gasteiger partial charge on any atom is -0.390 e. The van der Waals surface area contributed by atoms with Crippen molar-refractivity contribution in [2.75, 3.05) is 13.2 Å². The first-order chi connectivity index (χ1) is 10.3. The molecule has 3 N–H and O–H groups in total. The Bertz CT molecular complexity index is 531. The van der Waals surface area contributed by atoms with Crippen LogP contribution < -0.4 is 10.6 Å². The van der Waals surface area contributed by atoms with Crippen LogP contribution in [0.3, 0.4) is 0 Å². The van der Waals surface area contributed by atoms with Crippen molar-refractivity contribution in [3.05, 3.63) is 17.5 Å². The fourth-order valence-corrected chi connectivity index (χ4v) is 2.59. The standard InChI is InChI=1S/C14H22F2N4O2/c1-9(2)20-12-5-11(4-3-10(12)6-18-20)19-13(22)17-7-14(15,16)8-21/h6,9,11,21H,3-5,7-8H2,1-2H3,(H2,17,19,22)/t11-/m0/s1. The summed E-state index contributed by atoms with van der Waals surface area (Å²) in [5.74, 6) is -3.30. The molecule has 0 unspecified atom stereocenters. The van der Waals surface area contributed by atoms with Crippen molar-refractivity contribution in [2.45, 2.75) is 51.1 Å². The van der Waals surface area contributed by atoms with E-state index in [0.717, 1.165) is 18.5 Å². The Balaban J connectivity index is 1.90. The predicted molar refractivity (Wildman–Crippen MR) is 77.0 cm³/mol. The molecule has 0 spiro atoms. The van der Waals surface area contributed by atoms with Gasteiger partial charge in [-0.25, -0.2) is 13.6 Å². The van der Waals surface area contributed by atoms with Crippen LogP contribution in [0.4, 0.5) is 13.6 Å². The van der Waals surface area contributed by atoms with Crippen LogP contribution in [0.25, 0.3) is 0 Å². The molecule has 1 heterocycles. The third-order valence-corrected chi connectivity index (χ3v) is 3.75. The molecular formula is C14H22F2N4O2. The molecule has 0 saturated carbocycles. The summed E-state index contributed by atoms with van der Waals surface area (Å²) in [5.41, 5.74) is 2.27. The molecule has 8 heteroatoms. The van der Waals surface area contributed by atoms with Crippen molar-refractivity contribution in [1.82, 2.24) is 20.4 Å². The molecule has 0 fully saturated rings. The highest BCUT2D eigenvalue weighted by atomic mass is 19.3. The van der Waals surface area contributed by atoms with E-state index in [1.807, 2.05) is 24.7 Å². The Morgan fingerprint density at radius 3 is 2.95 bits per heavy atom. The normalized spacial score (nSPS) is 18.2. The molecule has 6 nitrogen and oxygen atoms in total. The molecule has 22 heavy (non-hydrogen) atoms. The van der Waals surface area contributed by atoms with E-state index in [1.165, 1.54) is 5.56 Å². The minimum atomic E-state index is -3.30. The molecule has 1 atom stereocenters. The molecule has 0 aromatic carbocycles. The molecular weight excluding hydrogens is 294 g/mol. The van der Waals surface area contributed by atoms with Crippen LogP contribution in [0.15, 0.2) is 6.20 Å². The molecule has 0 radical (unpaired) electrons. The molecule has 1 aliphatic carbocycles. The zero-order chi connectivity index (χ0) is 16.3. The second kappa shape index (κ2) is 6.60. The number of aliphatic hydroxyl groups excluding tert-OH is 1. The third kappa shape index (κ3) is 3.94. The quantitative estimate of drug-likeness (QED) is 0.765. The number of alkyl halides is 2. The summed E-state index contributed by atoms with van der Waals surface area (Å²) in [6, 6.07) is -0.513. The van der Waals surface area contributed by atoms with Crippen LogP contribution in [0, 0.1) is 0 Å². The number of nitrogens with zero attached hydrogens (tertiary/aromatic N) is 2. The van der Waals surface area contributed by atoms with Gasteiger partial charge in [-0.2, -0.15) is 5.10 Å². The van der Waals surface area contributed by atoms with Gasteiger partial charge in [0.2, 0.25) is 0 Å². The Hall–Kier alpha value is -1.70. The maximum atomic E-state index is 12.9. The van der Waals surface area contributed by atoms with Crippen molar-refractivity contribution in [3.8, 4) is 0 Å². The van der Waals surface area contributed by atoms with Gasteiger partial charge in [-0.1, -0.05) is 0 Å². The van der Waals surface area contributed by atoms with E-state index in [2.05, 4.69) is 15.7 Å². The zero-order valence-electron chi connectivity index (χ0n) is 12.8. The van der Waals surface area contributed by atoms with Gasteiger partial charge in [0.25, 0.3) is 5.92 Å². The summed E-state index contributed by atoms with van der Waals surface area (Å²) in [7, 11) is 0. The summed E-state index contributed by atoms with van der Waals surface area (Å²) in [4.78, 5) is 11.7. The second-order valence-electron chi connectivity index (χ2n) is 5.94. The number of aromatic nitrogens is 2. The van der Waals surface area contributed by atoms with Crippen LogP contribution in [0.1, 0.15) is 37.6 Å². The summed E-state index contributed by atoms with van der Waals surface area (Å²) in [5, 5.41) is 17.6. The van der Waals surface area contributed by atoms with Gasteiger partial charge < -0.3 is 15.7 Å². The third-order valence-electron chi connectivity index (χ3n) is 3.75. The fourth-order valence-electron chi connectivity index (χ4n) is 2.59. The number of nitrogens with one attached hydrogen (secondary N) is 2. The number of rotatable bonds is 5. The van der Waals surface area contributed by atoms with Gasteiger partial charge in [0.05, 0.1) is 12.7 Å². The summed E-state index contributed by atoms with van der Waals surface area (Å²) in [6.07, 6.45) is 4.05. The summed E-state index contributed by atoms with van der Waals surface area (Å²) < 4.78 is 27.7. The number of carbonyl (C=O) groups is 1. The number of urea groups is 1. The molecule has 124 valence electrons. The first-order valence-corrected chi connectivity index (χ1v) is 7.40. The van der Waals surface area contributed by atoms with Crippen molar-refractivity contribution in [1.29, 1.82) is 0 Å². The van der Waals surface area contributed by atoms with E-state index in [0.29, 0.717) is 6.42 Å². The minimum absolute atomic E-state index is 0.107. The van der Waals surface area contributed by atoms with Crippen LogP contribution in [0.5, 0.6) is 0 Å². The van der Waals surface area contributed by atoms with Gasteiger partial charge in [0.15, 0.2) is 0 Å². The van der Waals surface area contributed by atoms with Crippen LogP contribution in [0.2, 0.25) is 0 Å². The number of aryl methyl sites for hydroxylation is 1. The molecule has 2 amide bonds. The lowest BCUT2D eigenvalue weighted by Crippen LogP contribution is -2.48. The van der Waals surface area contributed by atoms with E-state index in [9.17, 15) is 13.6 Å². The van der Waals surface area contributed by atoms with Gasteiger partial charge in [-0.15, -0.1) is 0 Å². The van der Waals surface area contributed by atoms with E-state index in [-0.39, 0.29) is 12.1 Å². The lowest BCUT2D eigenvalue weighted by atomic mass is 9.93. The Morgan fingerprint density at radius 2 is 2.32 bits per heavy atom. The maximum absolute atomic E-state index is 12.9. The number of aliphatic hydroxyl groups is 1. The van der Waals surface area contributed by atoms with Crippen molar-refractivity contribution < 1.29 is 18.7 Å². The van der Waals surface area contributed by atoms with E-state index in [4.69, 9.17) is 5.11 Å². The molecule has 1 aromatic rings. The van der Waals surface area contributed by atoms with Gasteiger partial charge in [0.1, 0.15) is 6.61 Å². The number of hydrogen-bond acceptors (Lipinski definition) is 3. The van der Waals surface area contributed by atoms with E-state index < -0.39 is 25.1 Å². The average molecular weight is 316 g/mol. The van der Waals surface area contributed by atoms with Crippen molar-refractivity contribution in [3.63, 3.8) is 0 Å². The summed E-state index contributed by atoms with van der Waals surface area (Å²) >= 11 is 0. The number of halogens is 2. The lowest BCUT2D eigenvalue weighted by Gasteiger charge is -2.25. The highest BCUT2D eigenvalue weighted by molar-refractivity contribution is 5.74. The van der Waals surface area contributed by atoms with Crippen molar-refractivity contribution in [2.24, 2.45) is 0 Å². The zero-order valence-corrected chi connectivity index (χ0v) is 12.8. The molecule has 1 aliphatic rings. The SMILES string of the molecule is CC(C)n1ncc2c1C[C@@H](NC(=O)NCC(F)(F)CO)CC2. The highest BCUT2D eigenvalue weighted by Crippen LogP contribution is 2.23. The van der Waals surface area contributed by atoms with Crippen LogP contribution in [-0.4, -0.2) is 46.0 Å². The topological polar surface area (TPSA) is 79.2 Å². The second-order valence-corrected chi connectivity index (χ2v) is 5.94. The Kier molecular flexibility index (Phi) is 5.00. The fraction of sp³-hybridized carbons (Fsp3) is 0.714. The van der Waals surface area contributed by atoms with Crippen LogP contribution >= 0.6 is 0 Å². The largest absolute Gasteiger partial charge is 0.390 e. The first-order valence-electron chi connectivity index (χ1n) is 7.40. The lowest BCUT2D eigenvalue weighted by molar-refractivity contribution is -0.0454. The van der Waals surface area contributed by atoms with E-state index >= 15 is 0 Å². The first kappa shape index (κ1) is 16.7. The monoisotopic (exact) mass is 316 g/mol. The van der Waals surface area contributed by atoms with E-state index in [1.54, 1.807) is 0 Å². The molecule has 0 saturated heterocycles. The maximum Gasteiger partial charge on any atom is 0.315 e. The van der Waals surface area contributed by atoms with Gasteiger partial charge >= 0.3 is 6.03 Å². The molecule has 2 rings (SSSR count). The predicted octanol–water partition coefficient (Wildman–Crippen LogP) is 1.25. The number of hydrogen-bond donors (Lipinski definition) is 3. The smallest absolute Gasteiger partial charge is 0.315 e. The Labute approximate surface area is 127 Å². The van der Waals surface area contributed by atoms with Gasteiger partial charge in [0, 0.05) is 24.2 Å². The average Bonchev–Trinajstić information content (AvgIpc) is 2.88.